The standard InChI is InChI=1S/C24H26ClN3O5S2/c1-3-33-22(29)15-28-20-11-6-16(2)13-21(20)34-24(28)26-23(30)17-5-4-12-27(14-17)35(31,32)19-9-7-18(25)8-10-19/h6-11,13,17H,3-5,12,14-15H2,1-2H3. The first kappa shape index (κ1) is 25.6. The van der Waals surface area contributed by atoms with Crippen molar-refractivity contribution in [1.29, 1.82) is 0 Å². The maximum absolute atomic E-state index is 13.2. The summed E-state index contributed by atoms with van der Waals surface area (Å²) in [6, 6.07) is 11.8. The molecule has 1 amide bonds. The molecule has 35 heavy (non-hydrogen) atoms. The Morgan fingerprint density at radius 2 is 1.94 bits per heavy atom. The number of piperidine rings is 1. The van der Waals surface area contributed by atoms with Crippen LogP contribution in [0.4, 0.5) is 0 Å². The molecule has 8 nitrogen and oxygen atoms in total. The fourth-order valence-electron chi connectivity index (χ4n) is 4.06. The molecule has 1 aromatic heterocycles. The summed E-state index contributed by atoms with van der Waals surface area (Å²) in [6.07, 6.45) is 1.09. The fourth-order valence-corrected chi connectivity index (χ4v) is 6.84. The molecule has 1 fully saturated rings. The molecule has 0 radical (unpaired) electrons. The number of hydrogen-bond donors (Lipinski definition) is 0. The van der Waals surface area contributed by atoms with Gasteiger partial charge in [0, 0.05) is 18.1 Å². The first-order chi connectivity index (χ1) is 16.7. The van der Waals surface area contributed by atoms with Gasteiger partial charge in [-0.05, 0) is 68.7 Å². The average Bonchev–Trinajstić information content (AvgIpc) is 3.15. The number of halogens is 1. The second kappa shape index (κ2) is 10.6. The third kappa shape index (κ3) is 5.66. The number of esters is 1. The van der Waals surface area contributed by atoms with E-state index in [1.54, 1.807) is 11.5 Å². The minimum atomic E-state index is -3.76. The van der Waals surface area contributed by atoms with Gasteiger partial charge < -0.3 is 9.30 Å². The van der Waals surface area contributed by atoms with Crippen LogP contribution in [-0.4, -0.2) is 48.9 Å². The molecule has 2 heterocycles. The van der Waals surface area contributed by atoms with Crippen LogP contribution in [0, 0.1) is 12.8 Å². The molecule has 0 saturated carbocycles. The quantitative estimate of drug-likeness (QED) is 0.448. The number of sulfonamides is 1. The number of hydrogen-bond acceptors (Lipinski definition) is 6. The van der Waals surface area contributed by atoms with Gasteiger partial charge in [-0.3, -0.25) is 9.59 Å². The molecule has 0 bridgehead atoms. The van der Waals surface area contributed by atoms with Gasteiger partial charge in [-0.2, -0.15) is 9.30 Å². The molecule has 1 saturated heterocycles. The second-order valence-corrected chi connectivity index (χ2v) is 11.7. The summed E-state index contributed by atoms with van der Waals surface area (Å²) < 4.78 is 35.2. The van der Waals surface area contributed by atoms with E-state index in [0.717, 1.165) is 15.8 Å². The molecule has 0 N–H and O–H groups in total. The van der Waals surface area contributed by atoms with Gasteiger partial charge in [0.25, 0.3) is 5.91 Å². The third-order valence-electron chi connectivity index (χ3n) is 5.82. The average molecular weight is 536 g/mol. The van der Waals surface area contributed by atoms with Crippen molar-refractivity contribution in [1.82, 2.24) is 8.87 Å². The van der Waals surface area contributed by atoms with Crippen molar-refractivity contribution in [2.45, 2.75) is 38.1 Å². The Morgan fingerprint density at radius 1 is 1.20 bits per heavy atom. The topological polar surface area (TPSA) is 98.0 Å². The lowest BCUT2D eigenvalue weighted by Crippen LogP contribution is -2.42. The fraction of sp³-hybridized carbons (Fsp3) is 0.375. The molecule has 4 rings (SSSR count). The maximum Gasteiger partial charge on any atom is 0.326 e. The number of rotatable bonds is 6. The van der Waals surface area contributed by atoms with Gasteiger partial charge in [0.15, 0.2) is 4.80 Å². The minimum Gasteiger partial charge on any atom is -0.465 e. The monoisotopic (exact) mass is 535 g/mol. The van der Waals surface area contributed by atoms with Crippen molar-refractivity contribution in [3.63, 3.8) is 0 Å². The van der Waals surface area contributed by atoms with E-state index in [0.29, 0.717) is 29.2 Å². The highest BCUT2D eigenvalue weighted by molar-refractivity contribution is 7.89. The second-order valence-electron chi connectivity index (χ2n) is 8.35. The highest BCUT2D eigenvalue weighted by atomic mass is 35.5. The summed E-state index contributed by atoms with van der Waals surface area (Å²) in [6.45, 7) is 4.28. The summed E-state index contributed by atoms with van der Waals surface area (Å²) in [5.41, 5.74) is 1.84. The molecule has 1 atom stereocenters. The maximum atomic E-state index is 13.2. The van der Waals surface area contributed by atoms with Crippen LogP contribution in [0.5, 0.6) is 0 Å². The van der Waals surface area contributed by atoms with Crippen molar-refractivity contribution >= 4 is 55.1 Å². The third-order valence-corrected chi connectivity index (χ3v) is 8.99. The van der Waals surface area contributed by atoms with Crippen LogP contribution in [0.2, 0.25) is 5.02 Å². The normalized spacial score (nSPS) is 17.6. The van der Waals surface area contributed by atoms with Crippen molar-refractivity contribution in [2.24, 2.45) is 10.9 Å². The first-order valence-electron chi connectivity index (χ1n) is 11.3. The predicted octanol–water partition coefficient (Wildman–Crippen LogP) is 3.76. The van der Waals surface area contributed by atoms with Crippen molar-refractivity contribution in [3.8, 4) is 0 Å². The van der Waals surface area contributed by atoms with E-state index in [-0.39, 0.29) is 24.6 Å². The summed E-state index contributed by atoms with van der Waals surface area (Å²) in [5.74, 6) is -1.39. The smallest absolute Gasteiger partial charge is 0.326 e. The highest BCUT2D eigenvalue weighted by Gasteiger charge is 2.33. The van der Waals surface area contributed by atoms with Gasteiger partial charge in [0.05, 0.1) is 27.6 Å². The number of amides is 1. The number of fused-ring (bicyclic) bond motifs is 1. The lowest BCUT2D eigenvalue weighted by atomic mass is 9.99. The van der Waals surface area contributed by atoms with Gasteiger partial charge in [-0.1, -0.05) is 29.0 Å². The molecule has 1 aliphatic heterocycles. The number of aromatic nitrogens is 1. The largest absolute Gasteiger partial charge is 0.465 e. The minimum absolute atomic E-state index is 0.0508. The zero-order valence-corrected chi connectivity index (χ0v) is 21.8. The number of benzene rings is 2. The van der Waals surface area contributed by atoms with E-state index >= 15 is 0 Å². The SMILES string of the molecule is CCOC(=O)Cn1c(=NC(=O)C2CCCN(S(=O)(=O)c3ccc(Cl)cc3)C2)sc2cc(C)ccc21. The van der Waals surface area contributed by atoms with Crippen LogP contribution >= 0.6 is 22.9 Å². The molecular formula is C24H26ClN3O5S2. The molecule has 1 unspecified atom stereocenters. The van der Waals surface area contributed by atoms with Crippen LogP contribution in [0.25, 0.3) is 10.2 Å². The summed E-state index contributed by atoms with van der Waals surface area (Å²) in [4.78, 5) is 30.3. The number of carbonyl (C=O) groups is 2. The summed E-state index contributed by atoms with van der Waals surface area (Å²) in [7, 11) is -3.76. The molecule has 3 aromatic rings. The van der Waals surface area contributed by atoms with Crippen LogP contribution < -0.4 is 4.80 Å². The van der Waals surface area contributed by atoms with Crippen LogP contribution in [0.15, 0.2) is 52.4 Å². The zero-order chi connectivity index (χ0) is 25.2. The van der Waals surface area contributed by atoms with Gasteiger partial charge in [-0.25, -0.2) is 8.42 Å². The Labute approximate surface area is 212 Å². The molecule has 0 spiro atoms. The lowest BCUT2D eigenvalue weighted by Gasteiger charge is -2.30. The van der Waals surface area contributed by atoms with E-state index in [1.165, 1.54) is 39.9 Å². The molecule has 11 heteroatoms. The van der Waals surface area contributed by atoms with Crippen LogP contribution in [0.3, 0.4) is 0 Å². The first-order valence-corrected chi connectivity index (χ1v) is 13.9. The van der Waals surface area contributed by atoms with Gasteiger partial charge in [-0.15, -0.1) is 0 Å². The Morgan fingerprint density at radius 3 is 2.66 bits per heavy atom. The Kier molecular flexibility index (Phi) is 7.75. The van der Waals surface area contributed by atoms with Crippen molar-refractivity contribution in [3.05, 3.63) is 57.9 Å². The number of carbonyl (C=O) groups excluding carboxylic acids is 2. The number of ether oxygens (including phenoxy) is 1. The molecule has 0 aliphatic carbocycles. The Bertz CT molecular complexity index is 1430. The van der Waals surface area contributed by atoms with E-state index in [4.69, 9.17) is 16.3 Å². The van der Waals surface area contributed by atoms with Gasteiger partial charge in [0.2, 0.25) is 10.0 Å². The number of aryl methyl sites for hydroxylation is 1. The Hall–Kier alpha value is -2.53. The zero-order valence-electron chi connectivity index (χ0n) is 19.4. The van der Waals surface area contributed by atoms with Gasteiger partial charge in [0.1, 0.15) is 6.54 Å². The molecule has 2 aromatic carbocycles. The number of nitrogens with zero attached hydrogens (tertiary/aromatic N) is 3. The van der Waals surface area contributed by atoms with Crippen LogP contribution in [0.1, 0.15) is 25.3 Å². The molecular weight excluding hydrogens is 510 g/mol. The van der Waals surface area contributed by atoms with E-state index < -0.39 is 27.8 Å². The molecule has 186 valence electrons. The Balaban J connectivity index is 1.63. The summed E-state index contributed by atoms with van der Waals surface area (Å²) in [5, 5.41) is 0.448. The van der Waals surface area contributed by atoms with E-state index in [1.807, 2.05) is 25.1 Å². The van der Waals surface area contributed by atoms with Crippen molar-refractivity contribution < 1.29 is 22.7 Å². The van der Waals surface area contributed by atoms with Crippen molar-refractivity contribution in [2.75, 3.05) is 19.7 Å². The van der Waals surface area contributed by atoms with Crippen LogP contribution in [-0.2, 0) is 30.9 Å². The molecule has 1 aliphatic rings. The van der Waals surface area contributed by atoms with E-state index in [2.05, 4.69) is 4.99 Å². The predicted molar refractivity (Wildman–Crippen MR) is 135 cm³/mol. The van der Waals surface area contributed by atoms with E-state index in [9.17, 15) is 18.0 Å². The summed E-state index contributed by atoms with van der Waals surface area (Å²) >= 11 is 7.21. The van der Waals surface area contributed by atoms with Gasteiger partial charge >= 0.3 is 5.97 Å². The highest BCUT2D eigenvalue weighted by Crippen LogP contribution is 2.26. The lowest BCUT2D eigenvalue weighted by molar-refractivity contribution is -0.143. The number of thiazole rings is 1.